The number of piperidine rings is 1. The molecule has 1 N–H and O–H groups in total. The van der Waals surface area contributed by atoms with Crippen molar-refractivity contribution in [1.82, 2.24) is 9.88 Å². The zero-order chi connectivity index (χ0) is 20.6. The zero-order valence-electron chi connectivity index (χ0n) is 16.5. The van der Waals surface area contributed by atoms with Gasteiger partial charge in [0.25, 0.3) is 5.91 Å². The van der Waals surface area contributed by atoms with Crippen molar-refractivity contribution in [3.63, 3.8) is 0 Å². The van der Waals surface area contributed by atoms with Crippen LogP contribution < -0.4 is 10.1 Å². The fraction of sp³-hybridized carbons (Fsp3) is 0.364. The number of carbonyl (C=O) groups excluding carboxylic acids is 3. The molecule has 1 saturated heterocycles. The van der Waals surface area contributed by atoms with E-state index in [4.69, 9.17) is 4.74 Å². The summed E-state index contributed by atoms with van der Waals surface area (Å²) < 4.78 is 6.27. The molecule has 0 aliphatic carbocycles. The van der Waals surface area contributed by atoms with Gasteiger partial charge in [-0.1, -0.05) is 11.6 Å². The smallest absolute Gasteiger partial charge is 0.254 e. The van der Waals surface area contributed by atoms with Gasteiger partial charge in [0, 0.05) is 44.6 Å². The molecule has 4 rings (SSSR count). The number of anilines is 1. The Hall–Kier alpha value is -3.22. The van der Waals surface area contributed by atoms with Gasteiger partial charge in [-0.25, -0.2) is 4.98 Å². The number of pyridine rings is 1. The van der Waals surface area contributed by atoms with Gasteiger partial charge in [0.15, 0.2) is 5.78 Å². The first-order valence-electron chi connectivity index (χ1n) is 9.71. The lowest BCUT2D eigenvalue weighted by Gasteiger charge is -2.44. The van der Waals surface area contributed by atoms with Crippen LogP contribution in [0.25, 0.3) is 0 Å². The van der Waals surface area contributed by atoms with Gasteiger partial charge in [0.05, 0.1) is 12.0 Å². The number of hydrogen-bond acceptors (Lipinski definition) is 5. The molecule has 2 aliphatic rings. The molecule has 29 heavy (non-hydrogen) atoms. The van der Waals surface area contributed by atoms with Crippen LogP contribution in [-0.4, -0.2) is 46.2 Å². The average molecular weight is 393 g/mol. The van der Waals surface area contributed by atoms with E-state index >= 15 is 0 Å². The molecule has 2 amide bonds. The summed E-state index contributed by atoms with van der Waals surface area (Å²) in [4.78, 5) is 42.6. The number of nitrogens with zero attached hydrogens (tertiary/aromatic N) is 2. The fourth-order valence-electron chi connectivity index (χ4n) is 4.00. The first-order chi connectivity index (χ1) is 13.8. The summed E-state index contributed by atoms with van der Waals surface area (Å²) in [5.74, 6) is 0.734. The molecule has 2 aliphatic heterocycles. The summed E-state index contributed by atoms with van der Waals surface area (Å²) in [6.45, 7) is 4.36. The Morgan fingerprint density at radius 3 is 2.66 bits per heavy atom. The molecule has 0 saturated carbocycles. The molecule has 7 nitrogen and oxygen atoms in total. The predicted molar refractivity (Wildman–Crippen MR) is 107 cm³/mol. The minimum absolute atomic E-state index is 0.101. The molecule has 1 aromatic carbocycles. The highest BCUT2D eigenvalue weighted by atomic mass is 16.5. The Morgan fingerprint density at radius 2 is 1.93 bits per heavy atom. The third-order valence-electron chi connectivity index (χ3n) is 5.52. The van der Waals surface area contributed by atoms with E-state index in [1.165, 1.54) is 13.1 Å². The highest BCUT2D eigenvalue weighted by Gasteiger charge is 2.43. The number of benzene rings is 1. The Morgan fingerprint density at radius 1 is 1.17 bits per heavy atom. The Bertz CT molecular complexity index is 993. The molecule has 1 spiro atoms. The van der Waals surface area contributed by atoms with Gasteiger partial charge in [-0.15, -0.1) is 0 Å². The molecule has 0 bridgehead atoms. The number of nitrogens with one attached hydrogen (secondary N) is 1. The second kappa shape index (κ2) is 7.31. The van der Waals surface area contributed by atoms with Crippen LogP contribution in [0.2, 0.25) is 0 Å². The van der Waals surface area contributed by atoms with Crippen molar-refractivity contribution in [3.8, 4) is 5.75 Å². The quantitative estimate of drug-likeness (QED) is 0.847. The Labute approximate surface area is 169 Å². The summed E-state index contributed by atoms with van der Waals surface area (Å²) in [7, 11) is 0. The third-order valence-corrected chi connectivity index (χ3v) is 5.52. The topological polar surface area (TPSA) is 88.6 Å². The number of ketones is 1. The van der Waals surface area contributed by atoms with Crippen LogP contribution in [0, 0.1) is 6.92 Å². The van der Waals surface area contributed by atoms with Crippen molar-refractivity contribution < 1.29 is 19.1 Å². The number of amides is 2. The van der Waals surface area contributed by atoms with Crippen LogP contribution in [0.4, 0.5) is 5.82 Å². The largest absolute Gasteiger partial charge is 0.486 e. The van der Waals surface area contributed by atoms with Gasteiger partial charge in [0.2, 0.25) is 5.91 Å². The maximum Gasteiger partial charge on any atom is 0.254 e. The summed E-state index contributed by atoms with van der Waals surface area (Å²) in [5.41, 5.74) is 1.61. The number of aromatic nitrogens is 1. The number of likely N-dealkylation sites (tertiary alicyclic amines) is 1. The molecule has 1 fully saturated rings. The van der Waals surface area contributed by atoms with Crippen molar-refractivity contribution in [2.45, 2.75) is 38.7 Å². The van der Waals surface area contributed by atoms with Crippen LogP contribution in [-0.2, 0) is 4.79 Å². The molecule has 150 valence electrons. The third kappa shape index (κ3) is 3.85. The number of aryl methyl sites for hydroxylation is 1. The molecule has 0 unspecified atom stereocenters. The lowest BCUT2D eigenvalue weighted by Crippen LogP contribution is -2.52. The summed E-state index contributed by atoms with van der Waals surface area (Å²) in [6, 6.07) is 8.89. The van der Waals surface area contributed by atoms with Crippen molar-refractivity contribution in [2.24, 2.45) is 0 Å². The monoisotopic (exact) mass is 393 g/mol. The number of ether oxygens (including phenoxy) is 1. The zero-order valence-corrected chi connectivity index (χ0v) is 16.5. The van der Waals surface area contributed by atoms with E-state index in [9.17, 15) is 14.4 Å². The van der Waals surface area contributed by atoms with Gasteiger partial charge >= 0.3 is 0 Å². The average Bonchev–Trinajstić information content (AvgIpc) is 2.68. The number of hydrogen-bond donors (Lipinski definition) is 1. The van der Waals surface area contributed by atoms with Gasteiger partial charge in [-0.2, -0.15) is 0 Å². The normalized spacial score (nSPS) is 17.4. The number of Topliss-reactive ketones (excluding diaryl/α,β-unsaturated/α-hetero) is 1. The SMILES string of the molecule is CC(=O)Nc1cc(C(=O)N2CCC3(CC2)CC(=O)c2cc(C)ccc2O3)ccn1. The van der Waals surface area contributed by atoms with E-state index in [0.717, 1.165) is 5.56 Å². The van der Waals surface area contributed by atoms with E-state index in [1.54, 1.807) is 17.0 Å². The van der Waals surface area contributed by atoms with Crippen LogP contribution in [0.15, 0.2) is 36.5 Å². The summed E-state index contributed by atoms with van der Waals surface area (Å²) >= 11 is 0. The second-order valence-electron chi connectivity index (χ2n) is 7.79. The lowest BCUT2D eigenvalue weighted by molar-refractivity contribution is -0.114. The molecule has 0 radical (unpaired) electrons. The maximum absolute atomic E-state index is 12.9. The standard InChI is InChI=1S/C22H23N3O4/c1-14-3-4-19-17(11-14)18(27)13-22(29-19)6-9-25(10-7-22)21(28)16-5-8-23-20(12-16)24-15(2)26/h3-5,8,11-12H,6-7,9-10,13H2,1-2H3,(H,23,24,26). The van der Waals surface area contributed by atoms with Crippen molar-refractivity contribution >= 4 is 23.4 Å². The van der Waals surface area contributed by atoms with Crippen LogP contribution in [0.1, 0.15) is 52.5 Å². The van der Waals surface area contributed by atoms with Crippen LogP contribution in [0.5, 0.6) is 5.75 Å². The first kappa shape index (κ1) is 19.1. The van der Waals surface area contributed by atoms with Crippen molar-refractivity contribution in [3.05, 3.63) is 53.2 Å². The molecule has 3 heterocycles. The number of rotatable bonds is 2. The van der Waals surface area contributed by atoms with Crippen LogP contribution >= 0.6 is 0 Å². The minimum Gasteiger partial charge on any atom is -0.486 e. The van der Waals surface area contributed by atoms with Gasteiger partial charge in [-0.3, -0.25) is 14.4 Å². The Balaban J connectivity index is 1.46. The second-order valence-corrected chi connectivity index (χ2v) is 7.79. The molecule has 1 aromatic heterocycles. The van der Waals surface area contributed by atoms with E-state index in [2.05, 4.69) is 10.3 Å². The maximum atomic E-state index is 12.9. The Kier molecular flexibility index (Phi) is 4.82. The molecular formula is C22H23N3O4. The van der Waals surface area contributed by atoms with E-state index in [1.807, 2.05) is 25.1 Å². The van der Waals surface area contributed by atoms with E-state index in [0.29, 0.717) is 55.0 Å². The van der Waals surface area contributed by atoms with Gasteiger partial charge in [-0.05, 0) is 31.2 Å². The molecular weight excluding hydrogens is 370 g/mol. The highest BCUT2D eigenvalue weighted by Crippen LogP contribution is 2.39. The van der Waals surface area contributed by atoms with Gasteiger partial charge < -0.3 is 15.0 Å². The number of carbonyl (C=O) groups is 3. The summed E-state index contributed by atoms with van der Waals surface area (Å²) in [5, 5.41) is 2.59. The summed E-state index contributed by atoms with van der Waals surface area (Å²) in [6.07, 6.45) is 3.04. The molecule has 0 atom stereocenters. The van der Waals surface area contributed by atoms with Crippen molar-refractivity contribution in [1.29, 1.82) is 0 Å². The van der Waals surface area contributed by atoms with Gasteiger partial charge in [0.1, 0.15) is 17.2 Å². The molecule has 2 aromatic rings. The predicted octanol–water partition coefficient (Wildman–Crippen LogP) is 2.99. The lowest BCUT2D eigenvalue weighted by atomic mass is 9.82. The minimum atomic E-state index is -0.546. The van der Waals surface area contributed by atoms with E-state index in [-0.39, 0.29) is 17.6 Å². The highest BCUT2D eigenvalue weighted by molar-refractivity contribution is 6.00. The fourth-order valence-corrected chi connectivity index (χ4v) is 4.00. The number of fused-ring (bicyclic) bond motifs is 1. The first-order valence-corrected chi connectivity index (χ1v) is 9.71. The van der Waals surface area contributed by atoms with Crippen LogP contribution in [0.3, 0.4) is 0 Å². The van der Waals surface area contributed by atoms with E-state index < -0.39 is 5.60 Å². The van der Waals surface area contributed by atoms with Crippen molar-refractivity contribution in [2.75, 3.05) is 18.4 Å². The molecule has 7 heteroatoms.